The van der Waals surface area contributed by atoms with E-state index in [2.05, 4.69) is 6.07 Å². The molecule has 3 rings (SSSR count). The van der Waals surface area contributed by atoms with Crippen molar-refractivity contribution in [3.05, 3.63) is 41.5 Å². The molecular formula is C19H21F3N2O2S. The first kappa shape index (κ1) is 19.9. The molecule has 0 spiro atoms. The van der Waals surface area contributed by atoms with Gasteiger partial charge < -0.3 is 0 Å². The average molecular weight is 398 g/mol. The second kappa shape index (κ2) is 7.64. The van der Waals surface area contributed by atoms with Gasteiger partial charge in [0, 0.05) is 13.1 Å². The highest BCUT2D eigenvalue weighted by molar-refractivity contribution is 7.89. The van der Waals surface area contributed by atoms with Gasteiger partial charge in [-0.2, -0.15) is 22.7 Å². The number of halogens is 3. The van der Waals surface area contributed by atoms with Gasteiger partial charge in [0.2, 0.25) is 10.0 Å². The van der Waals surface area contributed by atoms with Crippen molar-refractivity contribution in [1.29, 1.82) is 5.26 Å². The smallest absolute Gasteiger partial charge is 0.212 e. The van der Waals surface area contributed by atoms with E-state index in [1.54, 1.807) is 12.1 Å². The molecule has 4 nitrogen and oxygen atoms in total. The zero-order chi connectivity index (χ0) is 19.7. The van der Waals surface area contributed by atoms with E-state index in [1.807, 2.05) is 18.2 Å². The van der Waals surface area contributed by atoms with Gasteiger partial charge in [0.05, 0.1) is 22.8 Å². The van der Waals surface area contributed by atoms with Gasteiger partial charge in [-0.25, -0.2) is 8.42 Å². The Morgan fingerprint density at radius 2 is 1.70 bits per heavy atom. The van der Waals surface area contributed by atoms with Crippen LogP contribution >= 0.6 is 0 Å². The van der Waals surface area contributed by atoms with Crippen LogP contribution in [0.15, 0.2) is 30.3 Å². The Kier molecular flexibility index (Phi) is 5.63. The standard InChI is InChI=1S/C19H21F3N2O2S/c20-19(21,22)17-5-7-18(8-6-17)27(25,26)24-11-9-16(10-12-24)15-3-1-14(13-23)2-4-15/h1-4,9,17-18H,5-8,10-12H2. The highest BCUT2D eigenvalue weighted by Gasteiger charge is 2.44. The van der Waals surface area contributed by atoms with Crippen LogP contribution in [0.4, 0.5) is 13.2 Å². The lowest BCUT2D eigenvalue weighted by Gasteiger charge is -2.34. The van der Waals surface area contributed by atoms with Crippen LogP contribution in [-0.4, -0.2) is 37.2 Å². The fourth-order valence-corrected chi connectivity index (χ4v) is 5.72. The number of nitrogens with zero attached hydrogens (tertiary/aromatic N) is 2. The van der Waals surface area contributed by atoms with E-state index in [-0.39, 0.29) is 32.2 Å². The Labute approximate surface area is 157 Å². The topological polar surface area (TPSA) is 61.2 Å². The summed E-state index contributed by atoms with van der Waals surface area (Å²) in [5.41, 5.74) is 2.54. The minimum Gasteiger partial charge on any atom is -0.212 e. The zero-order valence-electron chi connectivity index (χ0n) is 14.7. The van der Waals surface area contributed by atoms with Gasteiger partial charge in [-0.3, -0.25) is 0 Å². The molecule has 0 aromatic heterocycles. The average Bonchev–Trinajstić information content (AvgIpc) is 2.67. The van der Waals surface area contributed by atoms with Crippen LogP contribution in [0, 0.1) is 17.2 Å². The quantitative estimate of drug-likeness (QED) is 0.770. The van der Waals surface area contributed by atoms with Crippen LogP contribution < -0.4 is 0 Å². The van der Waals surface area contributed by atoms with Crippen molar-refractivity contribution in [1.82, 2.24) is 4.31 Å². The third-order valence-electron chi connectivity index (χ3n) is 5.47. The van der Waals surface area contributed by atoms with Crippen LogP contribution in [0.5, 0.6) is 0 Å². The minimum absolute atomic E-state index is 0.0647. The molecule has 0 saturated heterocycles. The van der Waals surface area contributed by atoms with Crippen LogP contribution in [0.3, 0.4) is 0 Å². The first-order valence-corrected chi connectivity index (χ1v) is 10.5. The van der Waals surface area contributed by atoms with Gasteiger partial charge in [-0.15, -0.1) is 0 Å². The monoisotopic (exact) mass is 398 g/mol. The molecule has 8 heteroatoms. The third kappa shape index (κ3) is 4.36. The van der Waals surface area contributed by atoms with E-state index < -0.39 is 27.4 Å². The molecule has 1 aliphatic carbocycles. The molecule has 2 aliphatic rings. The maximum absolute atomic E-state index is 12.8. The summed E-state index contributed by atoms with van der Waals surface area (Å²) in [6.07, 6.45) is -1.95. The van der Waals surface area contributed by atoms with E-state index >= 15 is 0 Å². The van der Waals surface area contributed by atoms with Crippen LogP contribution in [0.1, 0.15) is 43.2 Å². The van der Waals surface area contributed by atoms with E-state index in [9.17, 15) is 21.6 Å². The van der Waals surface area contributed by atoms with Crippen molar-refractivity contribution in [3.8, 4) is 6.07 Å². The van der Waals surface area contributed by atoms with E-state index in [4.69, 9.17) is 5.26 Å². The Bertz CT molecular complexity index is 846. The van der Waals surface area contributed by atoms with Crippen molar-refractivity contribution < 1.29 is 21.6 Å². The van der Waals surface area contributed by atoms with Crippen LogP contribution in [0.25, 0.3) is 5.57 Å². The summed E-state index contributed by atoms with van der Waals surface area (Å²) >= 11 is 0. The molecule has 1 aromatic rings. The van der Waals surface area contributed by atoms with Crippen LogP contribution in [0.2, 0.25) is 0 Å². The van der Waals surface area contributed by atoms with Crippen molar-refractivity contribution in [2.45, 2.75) is 43.5 Å². The largest absolute Gasteiger partial charge is 0.391 e. The summed E-state index contributed by atoms with van der Waals surface area (Å²) in [6.45, 7) is 0.560. The number of sulfonamides is 1. The third-order valence-corrected chi connectivity index (χ3v) is 7.84. The van der Waals surface area contributed by atoms with Gasteiger partial charge in [-0.1, -0.05) is 18.2 Å². The predicted octanol–water partition coefficient (Wildman–Crippen LogP) is 4.10. The van der Waals surface area contributed by atoms with Gasteiger partial charge >= 0.3 is 6.18 Å². The summed E-state index contributed by atoms with van der Waals surface area (Å²) < 4.78 is 65.4. The molecule has 0 amide bonds. The molecule has 1 saturated carbocycles. The Balaban J connectivity index is 1.64. The fourth-order valence-electron chi connectivity index (χ4n) is 3.80. The molecule has 1 aromatic carbocycles. The lowest BCUT2D eigenvalue weighted by Crippen LogP contribution is -2.43. The summed E-state index contributed by atoms with van der Waals surface area (Å²) in [5, 5.41) is 8.13. The van der Waals surface area contributed by atoms with E-state index in [0.29, 0.717) is 18.5 Å². The van der Waals surface area contributed by atoms with Crippen molar-refractivity contribution in [3.63, 3.8) is 0 Å². The highest BCUT2D eigenvalue weighted by Crippen LogP contribution is 2.40. The zero-order valence-corrected chi connectivity index (χ0v) is 15.6. The normalized spacial score (nSPS) is 24.9. The summed E-state index contributed by atoms with van der Waals surface area (Å²) in [5.74, 6) is -1.38. The molecule has 146 valence electrons. The molecule has 0 radical (unpaired) electrons. The molecule has 0 bridgehead atoms. The van der Waals surface area contributed by atoms with Gasteiger partial charge in [0.15, 0.2) is 0 Å². The van der Waals surface area contributed by atoms with E-state index in [1.165, 1.54) is 4.31 Å². The van der Waals surface area contributed by atoms with Gasteiger partial charge in [0.25, 0.3) is 0 Å². The highest BCUT2D eigenvalue weighted by atomic mass is 32.2. The molecule has 0 atom stereocenters. The SMILES string of the molecule is N#Cc1ccc(C2=CCN(S(=O)(=O)C3CCC(C(F)(F)F)CC3)CC2)cc1. The number of hydrogen-bond donors (Lipinski definition) is 0. The summed E-state index contributed by atoms with van der Waals surface area (Å²) in [4.78, 5) is 0. The lowest BCUT2D eigenvalue weighted by molar-refractivity contribution is -0.181. The van der Waals surface area contributed by atoms with E-state index in [0.717, 1.165) is 11.1 Å². The van der Waals surface area contributed by atoms with Gasteiger partial charge in [0.1, 0.15) is 0 Å². The predicted molar refractivity (Wildman–Crippen MR) is 96.0 cm³/mol. The number of benzene rings is 1. The first-order chi connectivity index (χ1) is 12.7. The van der Waals surface area contributed by atoms with Gasteiger partial charge in [-0.05, 0) is 55.4 Å². The minimum atomic E-state index is -4.24. The molecule has 1 aliphatic heterocycles. The molecule has 1 heterocycles. The van der Waals surface area contributed by atoms with Crippen molar-refractivity contribution in [2.75, 3.05) is 13.1 Å². The first-order valence-electron chi connectivity index (χ1n) is 8.97. The molecule has 1 fully saturated rings. The molecule has 27 heavy (non-hydrogen) atoms. The maximum atomic E-state index is 12.8. The number of nitriles is 1. The second-order valence-electron chi connectivity index (χ2n) is 7.09. The summed E-state index contributed by atoms with van der Waals surface area (Å²) in [6, 6.07) is 9.18. The Morgan fingerprint density at radius 1 is 1.07 bits per heavy atom. The number of rotatable bonds is 3. The number of alkyl halides is 3. The van der Waals surface area contributed by atoms with Crippen molar-refractivity contribution >= 4 is 15.6 Å². The van der Waals surface area contributed by atoms with Crippen LogP contribution in [-0.2, 0) is 10.0 Å². The second-order valence-corrected chi connectivity index (χ2v) is 9.30. The maximum Gasteiger partial charge on any atom is 0.391 e. The summed E-state index contributed by atoms with van der Waals surface area (Å²) in [7, 11) is -3.59. The Morgan fingerprint density at radius 3 is 2.19 bits per heavy atom. The molecule has 0 N–H and O–H groups in total. The molecular weight excluding hydrogens is 377 g/mol. The number of hydrogen-bond acceptors (Lipinski definition) is 3. The lowest BCUT2D eigenvalue weighted by atomic mass is 9.88. The van der Waals surface area contributed by atoms with Crippen molar-refractivity contribution in [2.24, 2.45) is 5.92 Å². The molecule has 0 unspecified atom stereocenters. The Hall–Kier alpha value is -1.85. The fraction of sp³-hybridized carbons (Fsp3) is 0.526.